The molecule has 0 aliphatic carbocycles. The topological polar surface area (TPSA) is 58.6 Å². The number of carbonyl (C=O) groups excluding carboxylic acids is 2. The summed E-state index contributed by atoms with van der Waals surface area (Å²) in [6.07, 6.45) is 21.0. The first-order valence-electron chi connectivity index (χ1n) is 12.3. The summed E-state index contributed by atoms with van der Waals surface area (Å²) in [6.45, 7) is 4.69. The van der Waals surface area contributed by atoms with E-state index >= 15 is 0 Å². The molecule has 0 aromatic carbocycles. The summed E-state index contributed by atoms with van der Waals surface area (Å²) in [7, 11) is 3.72. The van der Waals surface area contributed by atoms with Gasteiger partial charge in [0.25, 0.3) is 0 Å². The molecule has 0 aliphatic rings. The number of rotatable bonds is 20. The number of carbonyl (C=O) groups is 2. The Morgan fingerprint density at radius 3 is 1.87 bits per heavy atom. The maximum absolute atomic E-state index is 12.0. The molecule has 5 heteroatoms. The molecule has 0 aliphatic heterocycles. The van der Waals surface area contributed by atoms with Crippen LogP contribution in [0.3, 0.4) is 0 Å². The van der Waals surface area contributed by atoms with Gasteiger partial charge in [0.1, 0.15) is 6.23 Å². The molecule has 0 fully saturated rings. The van der Waals surface area contributed by atoms with Gasteiger partial charge in [-0.05, 0) is 53.1 Å². The fraction of sp³-hybridized carbons (Fsp3) is 0.840. The highest BCUT2D eigenvalue weighted by Crippen LogP contribution is 2.10. The highest BCUT2D eigenvalue weighted by Gasteiger charge is 2.17. The minimum absolute atomic E-state index is 0.174. The highest BCUT2D eigenvalue weighted by molar-refractivity contribution is 5.95. The van der Waals surface area contributed by atoms with Crippen molar-refractivity contribution in [2.24, 2.45) is 0 Å². The second-order valence-electron chi connectivity index (χ2n) is 8.38. The molecular formula is C25H48N2O3. The van der Waals surface area contributed by atoms with E-state index < -0.39 is 0 Å². The molecule has 1 unspecified atom stereocenters. The fourth-order valence-electron chi connectivity index (χ4n) is 3.37. The van der Waals surface area contributed by atoms with Crippen LogP contribution in [0.25, 0.3) is 0 Å². The van der Waals surface area contributed by atoms with Crippen molar-refractivity contribution >= 4 is 11.8 Å². The van der Waals surface area contributed by atoms with Crippen LogP contribution in [0, 0.1) is 0 Å². The van der Waals surface area contributed by atoms with Gasteiger partial charge in [0.05, 0.1) is 6.42 Å². The number of hydrogen-bond donors (Lipinski definition) is 1. The summed E-state index contributed by atoms with van der Waals surface area (Å²) in [5.74, 6) is -0.438. The summed E-state index contributed by atoms with van der Waals surface area (Å²) in [5.41, 5.74) is 0. The quantitative estimate of drug-likeness (QED) is 0.148. The summed E-state index contributed by atoms with van der Waals surface area (Å²) >= 11 is 0. The number of allylic oxidation sites excluding steroid dienone is 2. The van der Waals surface area contributed by atoms with E-state index in [1.165, 1.54) is 57.8 Å². The molecule has 0 saturated heterocycles. The number of hydrogen-bond acceptors (Lipinski definition) is 4. The molecule has 30 heavy (non-hydrogen) atoms. The van der Waals surface area contributed by atoms with Gasteiger partial charge in [-0.1, -0.05) is 70.4 Å². The summed E-state index contributed by atoms with van der Waals surface area (Å²) in [5, 5.41) is 2.48. The van der Waals surface area contributed by atoms with Gasteiger partial charge < -0.3 is 4.74 Å². The maximum Gasteiger partial charge on any atom is 0.230 e. The van der Waals surface area contributed by atoms with E-state index in [2.05, 4.69) is 24.4 Å². The van der Waals surface area contributed by atoms with E-state index in [0.29, 0.717) is 13.0 Å². The summed E-state index contributed by atoms with van der Waals surface area (Å²) in [4.78, 5) is 25.7. The number of imide groups is 1. The highest BCUT2D eigenvalue weighted by atomic mass is 16.5. The SMILES string of the molecule is CCCCCCCC/C=C\CCCCCCCC(=O)NC(=O)CC(OCC)N(C)C. The average molecular weight is 425 g/mol. The smallest absolute Gasteiger partial charge is 0.230 e. The lowest BCUT2D eigenvalue weighted by molar-refractivity contribution is -0.134. The zero-order chi connectivity index (χ0) is 22.5. The van der Waals surface area contributed by atoms with E-state index in [1.807, 2.05) is 25.9 Å². The van der Waals surface area contributed by atoms with Crippen LogP contribution in [0.2, 0.25) is 0 Å². The number of ether oxygens (including phenoxy) is 1. The van der Waals surface area contributed by atoms with Gasteiger partial charge in [0, 0.05) is 13.0 Å². The Morgan fingerprint density at radius 2 is 1.33 bits per heavy atom. The first kappa shape index (κ1) is 28.8. The summed E-state index contributed by atoms with van der Waals surface area (Å²) < 4.78 is 5.50. The Kier molecular flexibility index (Phi) is 20.2. The molecular weight excluding hydrogens is 376 g/mol. The van der Waals surface area contributed by atoms with Crippen molar-refractivity contribution in [3.05, 3.63) is 12.2 Å². The van der Waals surface area contributed by atoms with E-state index in [4.69, 9.17) is 4.74 Å². The van der Waals surface area contributed by atoms with Gasteiger partial charge in [0.15, 0.2) is 0 Å². The zero-order valence-electron chi connectivity index (χ0n) is 20.2. The monoisotopic (exact) mass is 424 g/mol. The van der Waals surface area contributed by atoms with Crippen molar-refractivity contribution < 1.29 is 14.3 Å². The van der Waals surface area contributed by atoms with Crippen LogP contribution in [-0.4, -0.2) is 43.6 Å². The van der Waals surface area contributed by atoms with Gasteiger partial charge in [-0.25, -0.2) is 0 Å². The lowest BCUT2D eigenvalue weighted by Crippen LogP contribution is -2.39. The molecule has 0 bridgehead atoms. The lowest BCUT2D eigenvalue weighted by Gasteiger charge is -2.23. The molecule has 0 radical (unpaired) electrons. The maximum atomic E-state index is 12.0. The molecule has 5 nitrogen and oxygen atoms in total. The van der Waals surface area contributed by atoms with Crippen LogP contribution >= 0.6 is 0 Å². The van der Waals surface area contributed by atoms with Gasteiger partial charge in [-0.3, -0.25) is 19.8 Å². The molecule has 0 saturated carbocycles. The molecule has 0 aromatic heterocycles. The normalized spacial score (nSPS) is 12.6. The van der Waals surface area contributed by atoms with Crippen molar-refractivity contribution in [3.8, 4) is 0 Å². The molecule has 0 aromatic rings. The molecule has 0 rings (SSSR count). The third-order valence-corrected chi connectivity index (χ3v) is 5.24. The molecule has 0 spiro atoms. The Balaban J connectivity index is 3.54. The number of nitrogens with one attached hydrogen (secondary N) is 1. The van der Waals surface area contributed by atoms with Crippen molar-refractivity contribution in [1.82, 2.24) is 10.2 Å². The Bertz CT molecular complexity index is 450. The molecule has 1 N–H and O–H groups in total. The minimum atomic E-state index is -0.289. The number of amides is 2. The zero-order valence-corrected chi connectivity index (χ0v) is 20.2. The predicted octanol–water partition coefficient (Wildman–Crippen LogP) is 5.98. The van der Waals surface area contributed by atoms with Crippen LogP contribution < -0.4 is 5.32 Å². The lowest BCUT2D eigenvalue weighted by atomic mass is 10.1. The van der Waals surface area contributed by atoms with Gasteiger partial charge in [-0.15, -0.1) is 0 Å². The van der Waals surface area contributed by atoms with Crippen LogP contribution in [0.4, 0.5) is 0 Å². The standard InChI is InChI=1S/C25H48N2O3/c1-5-7-8-9-10-11-12-13-14-15-16-17-18-19-20-21-23(28)26-24(29)22-25(27(3)4)30-6-2/h13-14,25H,5-12,15-22H2,1-4H3,(H,26,28,29)/b14-13-. The third kappa shape index (κ3) is 18.8. The number of nitrogens with zero attached hydrogens (tertiary/aromatic N) is 1. The second kappa shape index (κ2) is 21.0. The van der Waals surface area contributed by atoms with Gasteiger partial charge >= 0.3 is 0 Å². The van der Waals surface area contributed by atoms with Crippen molar-refractivity contribution in [2.45, 2.75) is 116 Å². The van der Waals surface area contributed by atoms with E-state index in [1.54, 1.807) is 0 Å². The van der Waals surface area contributed by atoms with Crippen LogP contribution in [0.5, 0.6) is 0 Å². The number of unbranched alkanes of at least 4 members (excludes halogenated alkanes) is 11. The molecule has 176 valence electrons. The predicted molar refractivity (Wildman–Crippen MR) is 126 cm³/mol. The fourth-order valence-corrected chi connectivity index (χ4v) is 3.37. The Labute approximate surface area is 186 Å². The van der Waals surface area contributed by atoms with Crippen LogP contribution in [0.15, 0.2) is 12.2 Å². The largest absolute Gasteiger partial charge is 0.363 e. The first-order chi connectivity index (χ1) is 14.5. The van der Waals surface area contributed by atoms with E-state index in [9.17, 15) is 9.59 Å². The molecule has 1 atom stereocenters. The van der Waals surface area contributed by atoms with Gasteiger partial charge in [0.2, 0.25) is 11.8 Å². The van der Waals surface area contributed by atoms with Crippen molar-refractivity contribution in [2.75, 3.05) is 20.7 Å². The molecule has 2 amide bonds. The van der Waals surface area contributed by atoms with E-state index in [-0.39, 0.29) is 24.5 Å². The minimum Gasteiger partial charge on any atom is -0.363 e. The second-order valence-corrected chi connectivity index (χ2v) is 8.38. The van der Waals surface area contributed by atoms with Crippen molar-refractivity contribution in [1.29, 1.82) is 0 Å². The first-order valence-corrected chi connectivity index (χ1v) is 12.3. The van der Waals surface area contributed by atoms with Crippen LogP contribution in [-0.2, 0) is 14.3 Å². The Morgan fingerprint density at radius 1 is 0.800 bits per heavy atom. The van der Waals surface area contributed by atoms with Gasteiger partial charge in [-0.2, -0.15) is 0 Å². The van der Waals surface area contributed by atoms with E-state index in [0.717, 1.165) is 25.7 Å². The Hall–Kier alpha value is -1.20. The van der Waals surface area contributed by atoms with Crippen LogP contribution in [0.1, 0.15) is 110 Å². The van der Waals surface area contributed by atoms with Crippen molar-refractivity contribution in [3.63, 3.8) is 0 Å². The molecule has 0 heterocycles. The third-order valence-electron chi connectivity index (χ3n) is 5.24. The summed E-state index contributed by atoms with van der Waals surface area (Å²) in [6, 6.07) is 0. The average Bonchev–Trinajstić information content (AvgIpc) is 2.70.